The van der Waals surface area contributed by atoms with Crippen molar-refractivity contribution in [1.82, 2.24) is 0 Å². The van der Waals surface area contributed by atoms with Gasteiger partial charge in [0.25, 0.3) is 0 Å². The first-order chi connectivity index (χ1) is 7.24. The molecule has 0 radical (unpaired) electrons. The Bertz CT molecular complexity index is 379. The zero-order valence-corrected chi connectivity index (χ0v) is 8.35. The molecule has 0 amide bonds. The van der Waals surface area contributed by atoms with Crippen LogP contribution in [0.1, 0.15) is 17.5 Å². The molecule has 0 spiro atoms. The molecule has 82 valence electrons. The number of hydrogen-bond acceptors (Lipinski definition) is 2. The number of rotatable bonds is 2. The Balaban J connectivity index is 2.52. The van der Waals surface area contributed by atoms with Crippen LogP contribution in [-0.2, 0) is 12.8 Å². The molecule has 0 atom stereocenters. The Morgan fingerprint density at radius 3 is 2.93 bits per heavy atom. The van der Waals surface area contributed by atoms with Crippen LogP contribution in [0.3, 0.4) is 0 Å². The average molecular weight is 213 g/mol. The molecular formula is C11H13F2NO. The van der Waals surface area contributed by atoms with Gasteiger partial charge in [0.15, 0.2) is 11.6 Å². The standard InChI is InChI=1S/C11H13F2NO/c12-9-6-10-7(2-1-5-15-10)8(3-4-14)11(9)13/h6H,1-5,14H2. The largest absolute Gasteiger partial charge is 0.493 e. The third-order valence-corrected chi connectivity index (χ3v) is 2.62. The van der Waals surface area contributed by atoms with E-state index in [2.05, 4.69) is 0 Å². The molecule has 1 aromatic rings. The topological polar surface area (TPSA) is 35.2 Å². The number of benzene rings is 1. The smallest absolute Gasteiger partial charge is 0.162 e. The molecule has 4 heteroatoms. The quantitative estimate of drug-likeness (QED) is 0.812. The lowest BCUT2D eigenvalue weighted by atomic mass is 9.97. The van der Waals surface area contributed by atoms with Crippen LogP contribution in [0.2, 0.25) is 0 Å². The Morgan fingerprint density at radius 2 is 2.20 bits per heavy atom. The molecule has 1 aliphatic rings. The maximum atomic E-state index is 13.5. The van der Waals surface area contributed by atoms with E-state index in [0.29, 0.717) is 30.9 Å². The Labute approximate surface area is 87.0 Å². The molecule has 0 saturated carbocycles. The zero-order chi connectivity index (χ0) is 10.8. The third-order valence-electron chi connectivity index (χ3n) is 2.62. The first-order valence-electron chi connectivity index (χ1n) is 5.06. The van der Waals surface area contributed by atoms with E-state index in [0.717, 1.165) is 24.5 Å². The molecule has 0 aromatic heterocycles. The zero-order valence-electron chi connectivity index (χ0n) is 8.35. The van der Waals surface area contributed by atoms with Crippen LogP contribution in [0.5, 0.6) is 5.75 Å². The minimum absolute atomic E-state index is 0.312. The van der Waals surface area contributed by atoms with Crippen molar-refractivity contribution in [3.8, 4) is 5.75 Å². The molecule has 1 aliphatic heterocycles. The number of fused-ring (bicyclic) bond motifs is 1. The predicted molar refractivity (Wildman–Crippen MR) is 52.9 cm³/mol. The normalized spacial score (nSPS) is 14.6. The maximum absolute atomic E-state index is 13.5. The van der Waals surface area contributed by atoms with Gasteiger partial charge in [0, 0.05) is 11.6 Å². The van der Waals surface area contributed by atoms with E-state index < -0.39 is 11.6 Å². The van der Waals surface area contributed by atoms with E-state index in [-0.39, 0.29) is 0 Å². The highest BCUT2D eigenvalue weighted by atomic mass is 19.2. The van der Waals surface area contributed by atoms with E-state index in [1.54, 1.807) is 0 Å². The Hall–Kier alpha value is -1.16. The first kappa shape index (κ1) is 10.4. The van der Waals surface area contributed by atoms with Crippen LogP contribution in [0.4, 0.5) is 8.78 Å². The van der Waals surface area contributed by atoms with Crippen LogP contribution >= 0.6 is 0 Å². The summed E-state index contributed by atoms with van der Waals surface area (Å²) in [5.41, 5.74) is 6.55. The van der Waals surface area contributed by atoms with E-state index in [1.807, 2.05) is 0 Å². The van der Waals surface area contributed by atoms with Crippen molar-refractivity contribution in [3.05, 3.63) is 28.8 Å². The first-order valence-corrected chi connectivity index (χ1v) is 5.06. The van der Waals surface area contributed by atoms with Crippen molar-refractivity contribution in [2.75, 3.05) is 13.2 Å². The summed E-state index contributed by atoms with van der Waals surface area (Å²) in [6, 6.07) is 1.13. The second-order valence-electron chi connectivity index (χ2n) is 3.62. The average Bonchev–Trinajstić information content (AvgIpc) is 2.25. The third kappa shape index (κ3) is 1.81. The number of nitrogens with two attached hydrogens (primary N) is 1. The van der Waals surface area contributed by atoms with Gasteiger partial charge >= 0.3 is 0 Å². The molecule has 0 fully saturated rings. The van der Waals surface area contributed by atoms with Gasteiger partial charge in [-0.15, -0.1) is 0 Å². The summed E-state index contributed by atoms with van der Waals surface area (Å²) in [6.07, 6.45) is 1.94. The molecule has 2 N–H and O–H groups in total. The fraction of sp³-hybridized carbons (Fsp3) is 0.455. The minimum Gasteiger partial charge on any atom is -0.493 e. The van der Waals surface area contributed by atoms with Crippen molar-refractivity contribution in [2.24, 2.45) is 5.73 Å². The summed E-state index contributed by atoms with van der Waals surface area (Å²) >= 11 is 0. The lowest BCUT2D eigenvalue weighted by molar-refractivity contribution is 0.283. The Kier molecular flexibility index (Phi) is 2.86. The fourth-order valence-corrected chi connectivity index (χ4v) is 1.93. The molecule has 2 nitrogen and oxygen atoms in total. The molecule has 15 heavy (non-hydrogen) atoms. The highest BCUT2D eigenvalue weighted by Crippen LogP contribution is 2.31. The van der Waals surface area contributed by atoms with E-state index in [1.165, 1.54) is 0 Å². The summed E-state index contributed by atoms with van der Waals surface area (Å²) in [5, 5.41) is 0. The monoisotopic (exact) mass is 213 g/mol. The van der Waals surface area contributed by atoms with Crippen LogP contribution in [0.15, 0.2) is 6.07 Å². The predicted octanol–water partition coefficient (Wildman–Crippen LogP) is 1.79. The van der Waals surface area contributed by atoms with Crippen molar-refractivity contribution >= 4 is 0 Å². The van der Waals surface area contributed by atoms with Gasteiger partial charge in [-0.3, -0.25) is 0 Å². The molecule has 0 bridgehead atoms. The number of hydrogen-bond donors (Lipinski definition) is 1. The highest BCUT2D eigenvalue weighted by molar-refractivity contribution is 5.43. The van der Waals surface area contributed by atoms with Gasteiger partial charge in [-0.2, -0.15) is 0 Å². The van der Waals surface area contributed by atoms with Gasteiger partial charge in [-0.25, -0.2) is 8.78 Å². The van der Waals surface area contributed by atoms with Crippen molar-refractivity contribution in [1.29, 1.82) is 0 Å². The van der Waals surface area contributed by atoms with Crippen LogP contribution in [-0.4, -0.2) is 13.2 Å². The van der Waals surface area contributed by atoms with Gasteiger partial charge in [0.2, 0.25) is 0 Å². The fourth-order valence-electron chi connectivity index (χ4n) is 1.93. The molecule has 0 saturated heterocycles. The molecule has 1 heterocycles. The molecule has 0 aliphatic carbocycles. The van der Waals surface area contributed by atoms with Crippen LogP contribution in [0.25, 0.3) is 0 Å². The van der Waals surface area contributed by atoms with Crippen molar-refractivity contribution < 1.29 is 13.5 Å². The van der Waals surface area contributed by atoms with Gasteiger partial charge < -0.3 is 10.5 Å². The van der Waals surface area contributed by atoms with Gasteiger partial charge in [0.1, 0.15) is 5.75 Å². The highest BCUT2D eigenvalue weighted by Gasteiger charge is 2.20. The lowest BCUT2D eigenvalue weighted by Gasteiger charge is -2.20. The van der Waals surface area contributed by atoms with E-state index in [4.69, 9.17) is 10.5 Å². The number of halogens is 2. The second-order valence-corrected chi connectivity index (χ2v) is 3.62. The second kappa shape index (κ2) is 4.14. The summed E-state index contributed by atoms with van der Waals surface area (Å²) in [4.78, 5) is 0. The van der Waals surface area contributed by atoms with Crippen molar-refractivity contribution in [2.45, 2.75) is 19.3 Å². The van der Waals surface area contributed by atoms with Gasteiger partial charge in [-0.05, 0) is 31.4 Å². The van der Waals surface area contributed by atoms with E-state index >= 15 is 0 Å². The molecule has 1 aromatic carbocycles. The van der Waals surface area contributed by atoms with Crippen molar-refractivity contribution in [3.63, 3.8) is 0 Å². The maximum Gasteiger partial charge on any atom is 0.162 e. The molecule has 0 unspecified atom stereocenters. The molecule has 2 rings (SSSR count). The van der Waals surface area contributed by atoms with Crippen LogP contribution in [0, 0.1) is 11.6 Å². The SMILES string of the molecule is NCCc1c(F)c(F)cc2c1CCCO2. The summed E-state index contributed by atoms with van der Waals surface area (Å²) in [6.45, 7) is 0.882. The number of ether oxygens (including phenoxy) is 1. The lowest BCUT2D eigenvalue weighted by Crippen LogP contribution is -2.15. The summed E-state index contributed by atoms with van der Waals surface area (Å²) in [7, 11) is 0. The molecular weight excluding hydrogens is 200 g/mol. The summed E-state index contributed by atoms with van der Waals surface area (Å²) in [5.74, 6) is -1.15. The summed E-state index contributed by atoms with van der Waals surface area (Å²) < 4.78 is 32.0. The van der Waals surface area contributed by atoms with Crippen LogP contribution < -0.4 is 10.5 Å². The van der Waals surface area contributed by atoms with E-state index in [9.17, 15) is 8.78 Å². The van der Waals surface area contributed by atoms with Gasteiger partial charge in [0.05, 0.1) is 6.61 Å². The minimum atomic E-state index is -0.848. The Morgan fingerprint density at radius 1 is 1.40 bits per heavy atom. The van der Waals surface area contributed by atoms with Gasteiger partial charge in [-0.1, -0.05) is 0 Å².